The zero-order valence-corrected chi connectivity index (χ0v) is 16.0. The zero-order valence-electron chi connectivity index (χ0n) is 15.2. The van der Waals surface area contributed by atoms with Crippen LogP contribution in [0.25, 0.3) is 10.2 Å². The van der Waals surface area contributed by atoms with Crippen molar-refractivity contribution in [2.75, 3.05) is 7.11 Å². The molecule has 0 amide bonds. The van der Waals surface area contributed by atoms with E-state index in [0.717, 1.165) is 10.4 Å². The molecule has 3 rings (SSSR count). The fraction of sp³-hybridized carbons (Fsp3) is 0.333. The monoisotopic (exact) mass is 373 g/mol. The molecule has 0 aromatic carbocycles. The third kappa shape index (κ3) is 2.76. The molecule has 7 nitrogen and oxygen atoms in total. The third-order valence-electron chi connectivity index (χ3n) is 4.58. The van der Waals surface area contributed by atoms with Crippen LogP contribution < -0.4 is 5.56 Å². The van der Waals surface area contributed by atoms with Crippen LogP contribution in [0.3, 0.4) is 0 Å². The van der Waals surface area contributed by atoms with E-state index in [1.165, 1.54) is 29.3 Å². The van der Waals surface area contributed by atoms with Crippen molar-refractivity contribution in [3.63, 3.8) is 0 Å². The number of rotatable bonds is 4. The highest BCUT2D eigenvalue weighted by atomic mass is 32.1. The van der Waals surface area contributed by atoms with Crippen molar-refractivity contribution < 1.29 is 14.3 Å². The molecule has 0 radical (unpaired) electrons. The molecule has 0 bridgehead atoms. The molecule has 1 N–H and O–H groups in total. The van der Waals surface area contributed by atoms with Gasteiger partial charge in [0.1, 0.15) is 4.83 Å². The van der Waals surface area contributed by atoms with Crippen molar-refractivity contribution in [2.24, 2.45) is 0 Å². The first-order valence-electron chi connectivity index (χ1n) is 8.02. The Morgan fingerprint density at radius 3 is 2.58 bits per heavy atom. The number of carbonyl (C=O) groups is 2. The SMILES string of the molecule is COC(=O)c1c(C)[nH]c(C(=O)Cn2cnc3sc(C)c(C)c3c2=O)c1C. The minimum Gasteiger partial charge on any atom is -0.465 e. The molecule has 8 heteroatoms. The van der Waals surface area contributed by atoms with Gasteiger partial charge in [0, 0.05) is 10.6 Å². The van der Waals surface area contributed by atoms with E-state index in [2.05, 4.69) is 9.97 Å². The Bertz CT molecular complexity index is 1100. The number of aromatic amines is 1. The maximum atomic E-state index is 12.7. The smallest absolute Gasteiger partial charge is 0.339 e. The van der Waals surface area contributed by atoms with Crippen molar-refractivity contribution in [1.29, 1.82) is 0 Å². The predicted molar refractivity (Wildman–Crippen MR) is 99.3 cm³/mol. The number of nitrogens with zero attached hydrogens (tertiary/aromatic N) is 2. The van der Waals surface area contributed by atoms with Crippen LogP contribution in [0.1, 0.15) is 42.5 Å². The van der Waals surface area contributed by atoms with Gasteiger partial charge in [-0.15, -0.1) is 11.3 Å². The van der Waals surface area contributed by atoms with Crippen LogP contribution in [-0.4, -0.2) is 33.4 Å². The summed E-state index contributed by atoms with van der Waals surface area (Å²) in [5, 5.41) is 0.553. The van der Waals surface area contributed by atoms with E-state index in [-0.39, 0.29) is 17.9 Å². The van der Waals surface area contributed by atoms with Crippen LogP contribution in [0.5, 0.6) is 0 Å². The first kappa shape index (κ1) is 18.1. The van der Waals surface area contributed by atoms with Crippen molar-refractivity contribution in [3.05, 3.63) is 49.6 Å². The fourth-order valence-electron chi connectivity index (χ4n) is 3.05. The molecular weight excluding hydrogens is 354 g/mol. The Morgan fingerprint density at radius 1 is 1.23 bits per heavy atom. The van der Waals surface area contributed by atoms with Gasteiger partial charge in [-0.1, -0.05) is 0 Å². The standard InChI is InChI=1S/C18H19N3O4S/c1-8-11(4)26-16-14(8)17(23)21(7-19-16)6-12(22)15-9(2)13(10(3)20-15)18(24)25-5/h7,20H,6H2,1-5H3. The number of aryl methyl sites for hydroxylation is 3. The molecule has 0 saturated heterocycles. The number of carbonyl (C=O) groups excluding carboxylic acids is 2. The average Bonchev–Trinajstić information content (AvgIpc) is 3.06. The lowest BCUT2D eigenvalue weighted by molar-refractivity contribution is 0.0599. The van der Waals surface area contributed by atoms with E-state index >= 15 is 0 Å². The molecule has 0 fully saturated rings. The van der Waals surface area contributed by atoms with Crippen LogP contribution in [0.4, 0.5) is 0 Å². The van der Waals surface area contributed by atoms with E-state index in [1.807, 2.05) is 13.8 Å². The van der Waals surface area contributed by atoms with Gasteiger partial charge in [-0.25, -0.2) is 9.78 Å². The number of Topliss-reactive ketones (excluding diaryl/α,β-unsaturated/α-hetero) is 1. The number of ketones is 1. The number of fused-ring (bicyclic) bond motifs is 1. The number of thiophene rings is 1. The molecule has 136 valence electrons. The maximum Gasteiger partial charge on any atom is 0.339 e. The first-order valence-corrected chi connectivity index (χ1v) is 8.83. The normalized spacial score (nSPS) is 11.1. The minimum absolute atomic E-state index is 0.155. The Kier molecular flexibility index (Phi) is 4.53. The van der Waals surface area contributed by atoms with Crippen LogP contribution >= 0.6 is 11.3 Å². The maximum absolute atomic E-state index is 12.7. The van der Waals surface area contributed by atoms with Gasteiger partial charge in [-0.3, -0.25) is 14.2 Å². The molecule has 3 aromatic rings. The fourth-order valence-corrected chi connectivity index (χ4v) is 4.04. The lowest BCUT2D eigenvalue weighted by Gasteiger charge is -2.05. The summed E-state index contributed by atoms with van der Waals surface area (Å²) >= 11 is 1.46. The summed E-state index contributed by atoms with van der Waals surface area (Å²) in [5.74, 6) is -0.798. The molecule has 0 aliphatic carbocycles. The van der Waals surface area contributed by atoms with E-state index < -0.39 is 5.97 Å². The second-order valence-corrected chi connectivity index (χ2v) is 7.38. The first-order chi connectivity index (χ1) is 12.3. The van der Waals surface area contributed by atoms with Crippen LogP contribution in [0.15, 0.2) is 11.1 Å². The van der Waals surface area contributed by atoms with Gasteiger partial charge in [0.2, 0.25) is 0 Å². The largest absolute Gasteiger partial charge is 0.465 e. The average molecular weight is 373 g/mol. The van der Waals surface area contributed by atoms with E-state index in [9.17, 15) is 14.4 Å². The molecule has 3 heterocycles. The molecular formula is C18H19N3O4S. The Hall–Kier alpha value is -2.74. The van der Waals surface area contributed by atoms with E-state index in [1.54, 1.807) is 13.8 Å². The third-order valence-corrected chi connectivity index (χ3v) is 5.69. The van der Waals surface area contributed by atoms with Gasteiger partial charge in [0.25, 0.3) is 5.56 Å². The minimum atomic E-state index is -0.500. The van der Waals surface area contributed by atoms with E-state index in [0.29, 0.717) is 32.7 Å². The highest BCUT2D eigenvalue weighted by Crippen LogP contribution is 2.25. The topological polar surface area (TPSA) is 94.1 Å². The number of nitrogens with one attached hydrogen (secondary N) is 1. The van der Waals surface area contributed by atoms with Crippen molar-refractivity contribution in [1.82, 2.24) is 14.5 Å². The molecule has 0 spiro atoms. The van der Waals surface area contributed by atoms with Crippen molar-refractivity contribution >= 4 is 33.3 Å². The Labute approximate surface area is 153 Å². The molecule has 0 aliphatic rings. The summed E-state index contributed by atoms with van der Waals surface area (Å²) in [6.07, 6.45) is 1.39. The number of aromatic nitrogens is 3. The number of methoxy groups -OCH3 is 1. The number of hydrogen-bond acceptors (Lipinski definition) is 6. The zero-order chi connectivity index (χ0) is 19.2. The highest BCUT2D eigenvalue weighted by molar-refractivity contribution is 7.18. The summed E-state index contributed by atoms with van der Waals surface area (Å²) in [6.45, 7) is 7.05. The van der Waals surface area contributed by atoms with Crippen molar-refractivity contribution in [2.45, 2.75) is 34.2 Å². The van der Waals surface area contributed by atoms with Gasteiger partial charge < -0.3 is 9.72 Å². The number of esters is 1. The number of ether oxygens (including phenoxy) is 1. The lowest BCUT2D eigenvalue weighted by atomic mass is 10.1. The molecule has 26 heavy (non-hydrogen) atoms. The molecule has 0 aliphatic heterocycles. The van der Waals surface area contributed by atoms with Gasteiger partial charge in [0.15, 0.2) is 5.78 Å². The predicted octanol–water partition coefficient (Wildman–Crippen LogP) is 2.69. The highest BCUT2D eigenvalue weighted by Gasteiger charge is 2.23. The summed E-state index contributed by atoms with van der Waals surface area (Å²) < 4.78 is 6.06. The van der Waals surface area contributed by atoms with Gasteiger partial charge in [-0.2, -0.15) is 0 Å². The second kappa shape index (κ2) is 6.53. The van der Waals surface area contributed by atoms with Crippen molar-refractivity contribution in [3.8, 4) is 0 Å². The van der Waals surface area contributed by atoms with Crippen LogP contribution in [0.2, 0.25) is 0 Å². The molecule has 0 unspecified atom stereocenters. The summed E-state index contributed by atoms with van der Waals surface area (Å²) in [6, 6.07) is 0. The Morgan fingerprint density at radius 2 is 1.92 bits per heavy atom. The summed E-state index contributed by atoms with van der Waals surface area (Å²) in [7, 11) is 1.29. The summed E-state index contributed by atoms with van der Waals surface area (Å²) in [4.78, 5) is 46.3. The second-order valence-electron chi connectivity index (χ2n) is 6.18. The molecule has 0 saturated carbocycles. The lowest BCUT2D eigenvalue weighted by Crippen LogP contribution is -2.25. The van der Waals surface area contributed by atoms with E-state index in [4.69, 9.17) is 4.74 Å². The molecule has 0 atom stereocenters. The van der Waals surface area contributed by atoms with Gasteiger partial charge in [0.05, 0.1) is 36.6 Å². The number of hydrogen-bond donors (Lipinski definition) is 1. The summed E-state index contributed by atoms with van der Waals surface area (Å²) in [5.41, 5.74) is 2.38. The van der Waals surface area contributed by atoms with Crippen LogP contribution in [0, 0.1) is 27.7 Å². The van der Waals surface area contributed by atoms with Gasteiger partial charge >= 0.3 is 5.97 Å². The number of H-pyrrole nitrogens is 1. The quantitative estimate of drug-likeness (QED) is 0.560. The Balaban J connectivity index is 2.00. The van der Waals surface area contributed by atoms with Crippen LogP contribution in [-0.2, 0) is 11.3 Å². The molecule has 3 aromatic heterocycles. The van der Waals surface area contributed by atoms with Gasteiger partial charge in [-0.05, 0) is 38.8 Å².